The van der Waals surface area contributed by atoms with Gasteiger partial charge in [-0.2, -0.15) is 0 Å². The van der Waals surface area contributed by atoms with Crippen LogP contribution >= 0.6 is 0 Å². The summed E-state index contributed by atoms with van der Waals surface area (Å²) in [5.74, 6) is -0.265. The highest BCUT2D eigenvalue weighted by atomic mass is 19.1. The van der Waals surface area contributed by atoms with E-state index in [9.17, 15) is 4.39 Å². The minimum absolute atomic E-state index is 0.265. The third-order valence-corrected chi connectivity index (χ3v) is 10.6. The van der Waals surface area contributed by atoms with Crippen molar-refractivity contribution in [1.82, 2.24) is 0 Å². The highest BCUT2D eigenvalue weighted by Gasteiger charge is 2.19. The fraction of sp³-hybridized carbons (Fsp3) is 0. The number of anilines is 3. The van der Waals surface area contributed by atoms with Crippen LogP contribution in [0.5, 0.6) is 0 Å². The van der Waals surface area contributed by atoms with Gasteiger partial charge >= 0.3 is 0 Å². The summed E-state index contributed by atoms with van der Waals surface area (Å²) in [5.41, 5.74) is 9.81. The molecule has 2 heteroatoms. The van der Waals surface area contributed by atoms with E-state index in [0.29, 0.717) is 0 Å². The Balaban J connectivity index is 1.19. The second-order valence-electron chi connectivity index (χ2n) is 13.9. The van der Waals surface area contributed by atoms with E-state index in [-0.39, 0.29) is 5.82 Å². The van der Waals surface area contributed by atoms with Crippen LogP contribution < -0.4 is 4.90 Å². The van der Waals surface area contributed by atoms with Crippen LogP contribution in [-0.4, -0.2) is 0 Å². The van der Waals surface area contributed by atoms with Gasteiger partial charge in [0.05, 0.1) is 0 Å². The first kappa shape index (κ1) is 31.7. The molecular formula is C52H34FN. The molecule has 0 unspecified atom stereocenters. The van der Waals surface area contributed by atoms with Crippen molar-refractivity contribution in [2.75, 3.05) is 4.90 Å². The molecule has 254 valence electrons. The Morgan fingerprint density at radius 3 is 1.39 bits per heavy atom. The lowest BCUT2D eigenvalue weighted by atomic mass is 9.84. The summed E-state index contributed by atoms with van der Waals surface area (Å²) >= 11 is 0. The molecule has 10 aromatic rings. The van der Waals surface area contributed by atoms with Crippen molar-refractivity contribution < 1.29 is 4.39 Å². The second kappa shape index (κ2) is 13.2. The van der Waals surface area contributed by atoms with E-state index in [1.54, 1.807) is 12.1 Å². The fourth-order valence-corrected chi connectivity index (χ4v) is 8.11. The molecule has 0 aromatic heterocycles. The Bertz CT molecular complexity index is 3000. The van der Waals surface area contributed by atoms with Gasteiger partial charge in [0.15, 0.2) is 0 Å². The predicted octanol–water partition coefficient (Wildman–Crippen LogP) is 14.9. The van der Waals surface area contributed by atoms with E-state index in [1.807, 2.05) is 36.4 Å². The maximum atomic E-state index is 14.5. The van der Waals surface area contributed by atoms with Gasteiger partial charge in [-0.05, 0) is 137 Å². The van der Waals surface area contributed by atoms with E-state index in [4.69, 9.17) is 0 Å². The lowest BCUT2D eigenvalue weighted by Gasteiger charge is -2.25. The summed E-state index contributed by atoms with van der Waals surface area (Å²) in [6.07, 6.45) is 0. The summed E-state index contributed by atoms with van der Waals surface area (Å²) in [7, 11) is 0. The molecule has 0 atom stereocenters. The summed E-state index contributed by atoms with van der Waals surface area (Å²) < 4.78 is 14.5. The Morgan fingerprint density at radius 2 is 0.759 bits per heavy atom. The molecule has 0 bridgehead atoms. The van der Waals surface area contributed by atoms with Gasteiger partial charge < -0.3 is 4.90 Å². The maximum absolute atomic E-state index is 14.5. The number of hydrogen-bond donors (Lipinski definition) is 0. The molecular weight excluding hydrogens is 658 g/mol. The normalized spacial score (nSPS) is 11.4. The molecule has 0 saturated heterocycles. The number of rotatable bonds is 6. The number of halogens is 1. The van der Waals surface area contributed by atoms with Crippen molar-refractivity contribution in [1.29, 1.82) is 0 Å². The van der Waals surface area contributed by atoms with E-state index >= 15 is 0 Å². The number of benzene rings is 10. The van der Waals surface area contributed by atoms with E-state index in [2.05, 4.69) is 157 Å². The van der Waals surface area contributed by atoms with Gasteiger partial charge in [0, 0.05) is 17.1 Å². The van der Waals surface area contributed by atoms with Crippen molar-refractivity contribution in [2.45, 2.75) is 0 Å². The Labute approximate surface area is 313 Å². The Hall–Kier alpha value is -7.03. The third kappa shape index (κ3) is 5.57. The zero-order valence-corrected chi connectivity index (χ0v) is 29.5. The summed E-state index contributed by atoms with van der Waals surface area (Å²) in [6, 6.07) is 72.1. The molecule has 0 aliphatic heterocycles. The van der Waals surface area contributed by atoms with Gasteiger partial charge in [-0.3, -0.25) is 0 Å². The SMILES string of the molecule is Fc1cccc(N(c2ccccc2)c2ccc(-c3ccc4c(-c5ccc6ccccc6c5)c5ccccc5c(-c5ccc6ccccc6c5)c4c3)cc2)c1. The molecule has 0 aliphatic rings. The van der Waals surface area contributed by atoms with Gasteiger partial charge in [-0.1, -0.05) is 146 Å². The summed E-state index contributed by atoms with van der Waals surface area (Å²) in [5, 5.41) is 9.80. The standard InChI is InChI=1S/C52H34FN/c53-43-15-10-18-46(34-43)54(44-16-2-1-3-17-44)45-28-25-37(26-29-45)40-27-30-49-50(33-40)52(42-24-22-36-12-5-7-14-39(36)32-42)48-20-9-8-19-47(48)51(49)41-23-21-35-11-4-6-13-38(35)31-41/h1-34H. The molecule has 0 N–H and O–H groups in total. The van der Waals surface area contributed by atoms with E-state index < -0.39 is 0 Å². The van der Waals surface area contributed by atoms with Crippen molar-refractivity contribution in [3.05, 3.63) is 212 Å². The van der Waals surface area contributed by atoms with Gasteiger partial charge in [0.2, 0.25) is 0 Å². The van der Waals surface area contributed by atoms with Crippen LogP contribution in [-0.2, 0) is 0 Å². The minimum Gasteiger partial charge on any atom is -0.310 e. The first-order chi connectivity index (χ1) is 26.7. The van der Waals surface area contributed by atoms with Gasteiger partial charge in [0.1, 0.15) is 5.82 Å². The average Bonchev–Trinajstić information content (AvgIpc) is 3.23. The van der Waals surface area contributed by atoms with Crippen LogP contribution in [0.2, 0.25) is 0 Å². The molecule has 0 radical (unpaired) electrons. The first-order valence-electron chi connectivity index (χ1n) is 18.4. The number of para-hydroxylation sites is 1. The lowest BCUT2D eigenvalue weighted by molar-refractivity contribution is 0.628. The zero-order chi connectivity index (χ0) is 36.0. The molecule has 0 fully saturated rings. The van der Waals surface area contributed by atoms with Gasteiger partial charge in [-0.15, -0.1) is 0 Å². The monoisotopic (exact) mass is 691 g/mol. The highest BCUT2D eigenvalue weighted by Crippen LogP contribution is 2.46. The molecule has 0 amide bonds. The smallest absolute Gasteiger partial charge is 0.125 e. The molecule has 0 spiro atoms. The van der Waals surface area contributed by atoms with Crippen LogP contribution in [0.15, 0.2) is 206 Å². The van der Waals surface area contributed by atoms with Crippen molar-refractivity contribution in [3.8, 4) is 33.4 Å². The fourth-order valence-electron chi connectivity index (χ4n) is 8.11. The number of hydrogen-bond acceptors (Lipinski definition) is 1. The molecule has 10 rings (SSSR count). The first-order valence-corrected chi connectivity index (χ1v) is 18.4. The van der Waals surface area contributed by atoms with Crippen LogP contribution in [0.25, 0.3) is 76.5 Å². The quantitative estimate of drug-likeness (QED) is 0.157. The predicted molar refractivity (Wildman–Crippen MR) is 227 cm³/mol. The van der Waals surface area contributed by atoms with Gasteiger partial charge in [0.25, 0.3) is 0 Å². The molecule has 0 saturated carbocycles. The van der Waals surface area contributed by atoms with Crippen LogP contribution in [0.1, 0.15) is 0 Å². The highest BCUT2D eigenvalue weighted by molar-refractivity contribution is 6.22. The Morgan fingerprint density at radius 1 is 0.278 bits per heavy atom. The van der Waals surface area contributed by atoms with Crippen molar-refractivity contribution in [3.63, 3.8) is 0 Å². The van der Waals surface area contributed by atoms with Crippen LogP contribution in [0, 0.1) is 5.82 Å². The van der Waals surface area contributed by atoms with Gasteiger partial charge in [-0.25, -0.2) is 4.39 Å². The van der Waals surface area contributed by atoms with Crippen LogP contribution in [0.3, 0.4) is 0 Å². The van der Waals surface area contributed by atoms with E-state index in [1.165, 1.54) is 71.4 Å². The molecule has 0 aliphatic carbocycles. The second-order valence-corrected chi connectivity index (χ2v) is 13.9. The van der Waals surface area contributed by atoms with Crippen molar-refractivity contribution in [2.24, 2.45) is 0 Å². The molecule has 10 aromatic carbocycles. The average molecular weight is 692 g/mol. The van der Waals surface area contributed by atoms with Crippen molar-refractivity contribution >= 4 is 60.2 Å². The maximum Gasteiger partial charge on any atom is 0.125 e. The third-order valence-electron chi connectivity index (χ3n) is 10.6. The summed E-state index contributed by atoms with van der Waals surface area (Å²) in [6.45, 7) is 0. The van der Waals surface area contributed by atoms with E-state index in [0.717, 1.165) is 28.2 Å². The topological polar surface area (TPSA) is 3.24 Å². The largest absolute Gasteiger partial charge is 0.310 e. The molecule has 0 heterocycles. The number of fused-ring (bicyclic) bond motifs is 4. The lowest BCUT2D eigenvalue weighted by Crippen LogP contribution is -2.09. The molecule has 1 nitrogen and oxygen atoms in total. The Kier molecular flexibility index (Phi) is 7.74. The minimum atomic E-state index is -0.265. The molecule has 54 heavy (non-hydrogen) atoms. The number of nitrogens with zero attached hydrogens (tertiary/aromatic N) is 1. The summed E-state index contributed by atoms with van der Waals surface area (Å²) in [4.78, 5) is 2.09. The zero-order valence-electron chi connectivity index (χ0n) is 29.5. The van der Waals surface area contributed by atoms with Crippen LogP contribution in [0.4, 0.5) is 21.5 Å².